The van der Waals surface area contributed by atoms with Crippen molar-refractivity contribution >= 4 is 22.6 Å². The van der Waals surface area contributed by atoms with Crippen LogP contribution >= 0.6 is 11.6 Å². The summed E-state index contributed by atoms with van der Waals surface area (Å²) in [7, 11) is 1.52. The number of methoxy groups -OCH3 is 1. The fraction of sp³-hybridized carbons (Fsp3) is 0.235. The second kappa shape index (κ2) is 7.29. The largest absolute Gasteiger partial charge is 0.495 e. The fourth-order valence-electron chi connectivity index (χ4n) is 2.32. The molecule has 0 atom stereocenters. The molecule has 0 amide bonds. The summed E-state index contributed by atoms with van der Waals surface area (Å²) in [5.74, 6) is 0.475. The molecule has 5 heteroatoms. The molecule has 0 unspecified atom stereocenters. The molecule has 0 N–H and O–H groups in total. The fourth-order valence-corrected chi connectivity index (χ4v) is 2.57. The van der Waals surface area contributed by atoms with Gasteiger partial charge in [-0.3, -0.25) is 4.90 Å². The van der Waals surface area contributed by atoms with Crippen molar-refractivity contribution in [1.29, 1.82) is 0 Å². The van der Waals surface area contributed by atoms with E-state index in [-0.39, 0.29) is 0 Å². The van der Waals surface area contributed by atoms with Gasteiger partial charge in [0.15, 0.2) is 0 Å². The molecule has 0 aliphatic heterocycles. The number of hydrogen-bond donors (Lipinski definition) is 0. The SMILES string of the molecule is C=CCN(CC=C)Cc1cc(=O)oc2cc(OC)c(Cl)cc12. The van der Waals surface area contributed by atoms with E-state index >= 15 is 0 Å². The van der Waals surface area contributed by atoms with Crippen LogP contribution in [0.1, 0.15) is 5.56 Å². The second-order valence-electron chi connectivity index (χ2n) is 4.85. The maximum Gasteiger partial charge on any atom is 0.336 e. The van der Waals surface area contributed by atoms with Gasteiger partial charge in [-0.2, -0.15) is 0 Å². The first kappa shape index (κ1) is 16.3. The normalized spacial score (nSPS) is 10.9. The molecular weight excluding hydrogens is 302 g/mol. The van der Waals surface area contributed by atoms with E-state index in [2.05, 4.69) is 18.1 Å². The van der Waals surface area contributed by atoms with Gasteiger partial charge in [0.05, 0.1) is 12.1 Å². The Balaban J connectivity index is 2.52. The van der Waals surface area contributed by atoms with Crippen LogP contribution in [0.5, 0.6) is 5.75 Å². The molecule has 0 saturated carbocycles. The molecular formula is C17H18ClNO3. The van der Waals surface area contributed by atoms with Crippen molar-refractivity contribution in [3.05, 3.63) is 64.5 Å². The number of benzene rings is 1. The van der Waals surface area contributed by atoms with Crippen molar-refractivity contribution in [3.63, 3.8) is 0 Å². The Morgan fingerprint density at radius 1 is 1.27 bits per heavy atom. The highest BCUT2D eigenvalue weighted by atomic mass is 35.5. The van der Waals surface area contributed by atoms with E-state index in [4.69, 9.17) is 20.8 Å². The standard InChI is InChI=1S/C17H18ClNO3/c1-4-6-19(7-5-2)11-12-8-17(20)22-15-10-16(21-3)14(18)9-13(12)15/h4-5,8-10H,1-2,6-7,11H2,3H3. The van der Waals surface area contributed by atoms with E-state index in [1.165, 1.54) is 13.2 Å². The summed E-state index contributed by atoms with van der Waals surface area (Å²) in [6.45, 7) is 9.45. The summed E-state index contributed by atoms with van der Waals surface area (Å²) < 4.78 is 10.4. The predicted octanol–water partition coefficient (Wildman–Crippen LogP) is 3.63. The van der Waals surface area contributed by atoms with Crippen molar-refractivity contribution in [2.75, 3.05) is 20.2 Å². The third-order valence-corrected chi connectivity index (χ3v) is 3.57. The number of rotatable bonds is 7. The Morgan fingerprint density at radius 3 is 2.55 bits per heavy atom. The van der Waals surface area contributed by atoms with Crippen molar-refractivity contribution in [2.24, 2.45) is 0 Å². The zero-order valence-corrected chi connectivity index (χ0v) is 13.2. The van der Waals surface area contributed by atoms with Gasteiger partial charge in [-0.1, -0.05) is 23.8 Å². The molecule has 1 aromatic carbocycles. The van der Waals surface area contributed by atoms with Gasteiger partial charge in [-0.25, -0.2) is 4.79 Å². The van der Waals surface area contributed by atoms with E-state index in [0.29, 0.717) is 36.0 Å². The van der Waals surface area contributed by atoms with E-state index in [9.17, 15) is 4.79 Å². The molecule has 1 aromatic heterocycles. The van der Waals surface area contributed by atoms with Crippen LogP contribution in [-0.4, -0.2) is 25.1 Å². The number of hydrogen-bond acceptors (Lipinski definition) is 4. The molecule has 2 aromatic rings. The Bertz CT molecular complexity index is 741. The second-order valence-corrected chi connectivity index (χ2v) is 5.25. The van der Waals surface area contributed by atoms with Crippen molar-refractivity contribution in [1.82, 2.24) is 4.90 Å². The Hall–Kier alpha value is -2.04. The maximum atomic E-state index is 11.8. The number of halogens is 1. The highest BCUT2D eigenvalue weighted by Crippen LogP contribution is 2.31. The molecule has 2 rings (SSSR count). The first-order valence-corrected chi connectivity index (χ1v) is 7.21. The molecule has 0 fully saturated rings. The van der Waals surface area contributed by atoms with Gasteiger partial charge < -0.3 is 9.15 Å². The van der Waals surface area contributed by atoms with Crippen molar-refractivity contribution < 1.29 is 9.15 Å². The van der Waals surface area contributed by atoms with Crippen LogP contribution in [0.15, 0.2) is 52.7 Å². The minimum Gasteiger partial charge on any atom is -0.495 e. The minimum absolute atomic E-state index is 0.399. The molecule has 0 bridgehead atoms. The number of fused-ring (bicyclic) bond motifs is 1. The lowest BCUT2D eigenvalue weighted by Gasteiger charge is -2.19. The lowest BCUT2D eigenvalue weighted by molar-refractivity contribution is 0.328. The quantitative estimate of drug-likeness (QED) is 0.577. The Kier molecular flexibility index (Phi) is 5.41. The zero-order valence-electron chi connectivity index (χ0n) is 12.5. The third-order valence-electron chi connectivity index (χ3n) is 3.27. The molecule has 1 heterocycles. The van der Waals surface area contributed by atoms with Crippen LogP contribution < -0.4 is 10.4 Å². The maximum absolute atomic E-state index is 11.8. The van der Waals surface area contributed by atoms with Gasteiger partial charge in [0.25, 0.3) is 0 Å². The monoisotopic (exact) mass is 319 g/mol. The van der Waals surface area contributed by atoms with Gasteiger partial charge in [-0.05, 0) is 11.6 Å². The number of ether oxygens (including phenoxy) is 1. The lowest BCUT2D eigenvalue weighted by atomic mass is 10.1. The molecule has 0 aliphatic carbocycles. The first-order valence-electron chi connectivity index (χ1n) is 6.83. The van der Waals surface area contributed by atoms with E-state index in [1.807, 2.05) is 12.2 Å². The van der Waals surface area contributed by atoms with E-state index in [0.717, 1.165) is 10.9 Å². The third kappa shape index (κ3) is 3.59. The van der Waals surface area contributed by atoms with Gasteiger partial charge in [0.1, 0.15) is 11.3 Å². The van der Waals surface area contributed by atoms with Crippen molar-refractivity contribution in [2.45, 2.75) is 6.54 Å². The minimum atomic E-state index is -0.399. The first-order chi connectivity index (χ1) is 10.6. The lowest BCUT2D eigenvalue weighted by Crippen LogP contribution is -2.24. The van der Waals surface area contributed by atoms with Gasteiger partial charge in [0, 0.05) is 37.2 Å². The van der Waals surface area contributed by atoms with Gasteiger partial charge in [0.2, 0.25) is 0 Å². The molecule has 116 valence electrons. The summed E-state index contributed by atoms with van der Waals surface area (Å²) in [4.78, 5) is 13.9. The highest BCUT2D eigenvalue weighted by molar-refractivity contribution is 6.32. The highest BCUT2D eigenvalue weighted by Gasteiger charge is 2.12. The molecule has 0 radical (unpaired) electrons. The average Bonchev–Trinajstić information content (AvgIpc) is 2.48. The summed E-state index contributed by atoms with van der Waals surface area (Å²) in [5, 5.41) is 1.27. The summed E-state index contributed by atoms with van der Waals surface area (Å²) in [6, 6.07) is 4.88. The predicted molar refractivity (Wildman–Crippen MR) is 89.7 cm³/mol. The van der Waals surface area contributed by atoms with Gasteiger partial charge >= 0.3 is 5.63 Å². The summed E-state index contributed by atoms with van der Waals surface area (Å²) >= 11 is 6.18. The van der Waals surface area contributed by atoms with Crippen LogP contribution in [-0.2, 0) is 6.54 Å². The summed E-state index contributed by atoms with van der Waals surface area (Å²) in [5.41, 5.74) is 0.907. The number of nitrogens with zero attached hydrogens (tertiary/aromatic N) is 1. The van der Waals surface area contributed by atoms with Crippen LogP contribution in [0.3, 0.4) is 0 Å². The zero-order chi connectivity index (χ0) is 16.1. The Labute approximate surface area is 134 Å². The molecule has 0 spiro atoms. The van der Waals surface area contributed by atoms with Crippen molar-refractivity contribution in [3.8, 4) is 5.75 Å². The molecule has 22 heavy (non-hydrogen) atoms. The molecule has 4 nitrogen and oxygen atoms in total. The summed E-state index contributed by atoms with van der Waals surface area (Å²) in [6.07, 6.45) is 3.63. The molecule has 0 saturated heterocycles. The average molecular weight is 320 g/mol. The van der Waals surface area contributed by atoms with Crippen LogP contribution in [0.25, 0.3) is 11.0 Å². The smallest absolute Gasteiger partial charge is 0.336 e. The van der Waals surface area contributed by atoms with Crippen LogP contribution in [0, 0.1) is 0 Å². The van der Waals surface area contributed by atoms with E-state index in [1.54, 1.807) is 12.1 Å². The van der Waals surface area contributed by atoms with E-state index < -0.39 is 5.63 Å². The Morgan fingerprint density at radius 2 is 1.95 bits per heavy atom. The van der Waals surface area contributed by atoms with Gasteiger partial charge in [-0.15, -0.1) is 13.2 Å². The molecule has 0 aliphatic rings. The van der Waals surface area contributed by atoms with Crippen LogP contribution in [0.4, 0.5) is 0 Å². The topological polar surface area (TPSA) is 42.7 Å². The van der Waals surface area contributed by atoms with Crippen LogP contribution in [0.2, 0.25) is 5.02 Å².